The molecule has 1 saturated carbocycles. The Balaban J connectivity index is 1.49. The third kappa shape index (κ3) is 3.10. The van der Waals surface area contributed by atoms with E-state index in [2.05, 4.69) is 24.3 Å². The van der Waals surface area contributed by atoms with Gasteiger partial charge in [-0.15, -0.1) is 0 Å². The Morgan fingerprint density at radius 2 is 1.25 bits per heavy atom. The molecule has 0 spiro atoms. The van der Waals surface area contributed by atoms with Crippen molar-refractivity contribution >= 4 is 28.8 Å². The standard InChI is InChI=1S/C30H24N2O4/c1-17-15-23(24(32(35)36)16-18(17)2)31-29(33)27-21-13-14-22(28(27)30(31)34)26(21)25(19-9-5-3-6-10-19)20-11-7-4-8-12-20/h3-16,21-22,27-28H,1-2H3/t21-,22-,27-,28-/m0/s1. The number of carbonyl (C=O) groups is 2. The summed E-state index contributed by atoms with van der Waals surface area (Å²) >= 11 is 0. The number of rotatable bonds is 4. The van der Waals surface area contributed by atoms with Crippen molar-refractivity contribution in [2.75, 3.05) is 4.90 Å². The van der Waals surface area contributed by atoms with Crippen molar-refractivity contribution in [3.8, 4) is 0 Å². The molecule has 36 heavy (non-hydrogen) atoms. The highest BCUT2D eigenvalue weighted by Gasteiger charge is 2.63. The minimum Gasteiger partial charge on any atom is -0.274 e. The van der Waals surface area contributed by atoms with Gasteiger partial charge >= 0.3 is 0 Å². The van der Waals surface area contributed by atoms with Crippen LogP contribution in [0.1, 0.15) is 22.3 Å². The lowest BCUT2D eigenvalue weighted by atomic mass is 9.85. The van der Waals surface area contributed by atoms with E-state index in [-0.39, 0.29) is 35.0 Å². The molecule has 6 heteroatoms. The van der Waals surface area contributed by atoms with Crippen LogP contribution in [-0.4, -0.2) is 16.7 Å². The van der Waals surface area contributed by atoms with Crippen LogP contribution in [0.3, 0.4) is 0 Å². The summed E-state index contributed by atoms with van der Waals surface area (Å²) < 4.78 is 0. The minimum atomic E-state index is -0.564. The summed E-state index contributed by atoms with van der Waals surface area (Å²) in [5.41, 5.74) is 5.61. The highest BCUT2D eigenvalue weighted by Crippen LogP contribution is 2.59. The molecule has 0 unspecified atom stereocenters. The highest BCUT2D eigenvalue weighted by atomic mass is 16.6. The van der Waals surface area contributed by atoms with Gasteiger partial charge in [0.25, 0.3) is 5.69 Å². The van der Waals surface area contributed by atoms with Gasteiger partial charge in [-0.25, -0.2) is 4.90 Å². The van der Waals surface area contributed by atoms with Crippen LogP contribution in [0.25, 0.3) is 5.57 Å². The van der Waals surface area contributed by atoms with Crippen LogP contribution < -0.4 is 4.90 Å². The van der Waals surface area contributed by atoms with E-state index in [0.29, 0.717) is 0 Å². The van der Waals surface area contributed by atoms with E-state index >= 15 is 0 Å². The Bertz CT molecular complexity index is 1410. The predicted octanol–water partition coefficient (Wildman–Crippen LogP) is 5.64. The second-order valence-electron chi connectivity index (χ2n) is 9.74. The lowest BCUT2D eigenvalue weighted by Gasteiger charge is -2.22. The molecular formula is C30H24N2O4. The Morgan fingerprint density at radius 3 is 1.72 bits per heavy atom. The Morgan fingerprint density at radius 1 is 0.778 bits per heavy atom. The number of benzene rings is 3. The van der Waals surface area contributed by atoms with Crippen LogP contribution in [0, 0.1) is 47.6 Å². The smallest absolute Gasteiger partial charge is 0.274 e. The van der Waals surface area contributed by atoms with E-state index in [1.807, 2.05) is 55.5 Å². The van der Waals surface area contributed by atoms with E-state index in [1.54, 1.807) is 13.0 Å². The first-order chi connectivity index (χ1) is 17.4. The zero-order valence-corrected chi connectivity index (χ0v) is 19.9. The SMILES string of the molecule is Cc1cc(N2C(=O)[C@@H]3[C@@H](C2=O)[C@H]2C=C[C@H]3C2=C(c2ccccc2)c2ccccc2)c([N+](=O)[O-])cc1C. The number of hydrogen-bond donors (Lipinski definition) is 0. The number of aryl methyl sites for hydroxylation is 2. The number of anilines is 1. The van der Waals surface area contributed by atoms with Crippen LogP contribution >= 0.6 is 0 Å². The van der Waals surface area contributed by atoms with E-state index in [4.69, 9.17) is 0 Å². The molecule has 1 aliphatic heterocycles. The predicted molar refractivity (Wildman–Crippen MR) is 137 cm³/mol. The van der Waals surface area contributed by atoms with Gasteiger partial charge in [0.05, 0.1) is 16.8 Å². The molecule has 6 nitrogen and oxygen atoms in total. The third-order valence-corrected chi connectivity index (χ3v) is 7.86. The summed E-state index contributed by atoms with van der Waals surface area (Å²) in [5, 5.41) is 11.8. The molecule has 4 atom stereocenters. The first-order valence-corrected chi connectivity index (χ1v) is 12.0. The highest BCUT2D eigenvalue weighted by molar-refractivity contribution is 6.24. The number of imide groups is 1. The molecule has 6 rings (SSSR count). The normalized spacial score (nSPS) is 23.9. The maximum atomic E-state index is 13.8. The molecule has 178 valence electrons. The maximum Gasteiger partial charge on any atom is 0.293 e. The van der Waals surface area contributed by atoms with Crippen molar-refractivity contribution in [1.82, 2.24) is 0 Å². The van der Waals surface area contributed by atoms with Gasteiger partial charge in [-0.2, -0.15) is 0 Å². The fraction of sp³-hybridized carbons (Fsp3) is 0.200. The first kappa shape index (κ1) is 22.2. The number of amides is 2. The second-order valence-corrected chi connectivity index (χ2v) is 9.74. The molecule has 0 N–H and O–H groups in total. The first-order valence-electron chi connectivity index (χ1n) is 12.0. The fourth-order valence-electron chi connectivity index (χ4n) is 6.15. The van der Waals surface area contributed by atoms with Crippen LogP contribution in [0.2, 0.25) is 0 Å². The molecule has 0 aromatic heterocycles. The number of allylic oxidation sites excluding steroid dienone is 3. The monoisotopic (exact) mass is 476 g/mol. The molecule has 3 aliphatic rings. The van der Waals surface area contributed by atoms with Crippen molar-refractivity contribution < 1.29 is 14.5 Å². The molecule has 2 fully saturated rings. The number of nitro groups is 1. The van der Waals surface area contributed by atoms with Gasteiger partial charge in [0.2, 0.25) is 11.8 Å². The van der Waals surface area contributed by atoms with Gasteiger partial charge < -0.3 is 0 Å². The van der Waals surface area contributed by atoms with Crippen LogP contribution in [0.15, 0.2) is 90.5 Å². The maximum absolute atomic E-state index is 13.8. The number of carbonyl (C=O) groups excluding carboxylic acids is 2. The quantitative estimate of drug-likeness (QED) is 0.211. The zero-order chi connectivity index (χ0) is 25.1. The largest absolute Gasteiger partial charge is 0.293 e. The van der Waals surface area contributed by atoms with Crippen molar-refractivity contribution in [3.63, 3.8) is 0 Å². The molecule has 1 saturated heterocycles. The molecule has 1 heterocycles. The molecular weight excluding hydrogens is 452 g/mol. The van der Waals surface area contributed by atoms with Crippen LogP contribution in [0.4, 0.5) is 11.4 Å². The molecule has 2 bridgehead atoms. The number of hydrogen-bond acceptors (Lipinski definition) is 4. The van der Waals surface area contributed by atoms with E-state index in [0.717, 1.165) is 38.3 Å². The topological polar surface area (TPSA) is 80.5 Å². The summed E-state index contributed by atoms with van der Waals surface area (Å²) in [5.74, 6) is -2.31. The summed E-state index contributed by atoms with van der Waals surface area (Å²) in [6, 6.07) is 23.1. The number of fused-ring (bicyclic) bond motifs is 5. The Hall–Kier alpha value is -4.32. The van der Waals surface area contributed by atoms with Crippen LogP contribution in [0.5, 0.6) is 0 Å². The minimum absolute atomic E-state index is 0.0729. The van der Waals surface area contributed by atoms with Crippen molar-refractivity contribution in [1.29, 1.82) is 0 Å². The lowest BCUT2D eigenvalue weighted by Crippen LogP contribution is -2.34. The summed E-state index contributed by atoms with van der Waals surface area (Å²) in [6.07, 6.45) is 4.08. The third-order valence-electron chi connectivity index (χ3n) is 7.86. The lowest BCUT2D eigenvalue weighted by molar-refractivity contribution is -0.384. The molecule has 3 aromatic rings. The molecule has 2 aliphatic carbocycles. The summed E-state index contributed by atoms with van der Waals surface area (Å²) in [7, 11) is 0. The van der Waals surface area contributed by atoms with Gasteiger partial charge in [-0.3, -0.25) is 19.7 Å². The van der Waals surface area contributed by atoms with Gasteiger partial charge in [-0.05, 0) is 53.3 Å². The Kier molecular flexibility index (Phi) is 5.00. The summed E-state index contributed by atoms with van der Waals surface area (Å²) in [6.45, 7) is 3.61. The summed E-state index contributed by atoms with van der Waals surface area (Å²) in [4.78, 5) is 40.0. The van der Waals surface area contributed by atoms with Gasteiger partial charge in [0.15, 0.2) is 0 Å². The fourth-order valence-corrected chi connectivity index (χ4v) is 6.15. The number of nitrogens with zero attached hydrogens (tertiary/aromatic N) is 2. The van der Waals surface area contributed by atoms with Crippen molar-refractivity contribution in [2.45, 2.75) is 13.8 Å². The van der Waals surface area contributed by atoms with Crippen molar-refractivity contribution in [3.05, 3.63) is 123 Å². The van der Waals surface area contributed by atoms with E-state index in [1.165, 1.54) is 6.07 Å². The van der Waals surface area contributed by atoms with Crippen molar-refractivity contribution in [2.24, 2.45) is 23.7 Å². The van der Waals surface area contributed by atoms with E-state index < -0.39 is 16.8 Å². The van der Waals surface area contributed by atoms with Crippen LogP contribution in [-0.2, 0) is 9.59 Å². The zero-order valence-electron chi connectivity index (χ0n) is 19.9. The van der Waals surface area contributed by atoms with Gasteiger partial charge in [-0.1, -0.05) is 72.8 Å². The average molecular weight is 477 g/mol. The molecule has 3 aromatic carbocycles. The molecule has 0 radical (unpaired) electrons. The van der Waals surface area contributed by atoms with Gasteiger partial charge in [0, 0.05) is 17.9 Å². The van der Waals surface area contributed by atoms with E-state index in [9.17, 15) is 19.7 Å². The Labute approximate surface area is 208 Å². The molecule has 2 amide bonds. The van der Waals surface area contributed by atoms with Gasteiger partial charge in [0.1, 0.15) is 5.69 Å². The second kappa shape index (κ2) is 8.12. The number of nitro benzene ring substituents is 1. The average Bonchev–Trinajstić information content (AvgIpc) is 3.51.